The van der Waals surface area contributed by atoms with Gasteiger partial charge in [0.15, 0.2) is 0 Å². The third kappa shape index (κ3) is 3.28. The Labute approximate surface area is 128 Å². The van der Waals surface area contributed by atoms with Gasteiger partial charge < -0.3 is 5.11 Å². The molecular weight excluding hydrogens is 353 g/mol. The SMILES string of the molecule is CC(C)(C)N1C[C@@H](C(=O)O)[C@H](c2cccc(I)c2)C1. The zero-order valence-electron chi connectivity index (χ0n) is 11.6. The van der Waals surface area contributed by atoms with Crippen molar-refractivity contribution < 1.29 is 9.90 Å². The minimum Gasteiger partial charge on any atom is -0.481 e. The number of rotatable bonds is 2. The van der Waals surface area contributed by atoms with E-state index in [0.29, 0.717) is 6.54 Å². The first kappa shape index (κ1) is 14.8. The lowest BCUT2D eigenvalue weighted by Gasteiger charge is -2.31. The third-order valence-electron chi connectivity index (χ3n) is 3.86. The second-order valence-electron chi connectivity index (χ2n) is 6.18. The highest BCUT2D eigenvalue weighted by Crippen LogP contribution is 2.36. The summed E-state index contributed by atoms with van der Waals surface area (Å²) in [5.41, 5.74) is 1.16. The van der Waals surface area contributed by atoms with E-state index in [0.717, 1.165) is 15.7 Å². The highest BCUT2D eigenvalue weighted by molar-refractivity contribution is 14.1. The van der Waals surface area contributed by atoms with Crippen LogP contribution >= 0.6 is 22.6 Å². The van der Waals surface area contributed by atoms with E-state index in [-0.39, 0.29) is 17.4 Å². The van der Waals surface area contributed by atoms with Crippen LogP contribution in [0.25, 0.3) is 0 Å². The molecule has 0 spiro atoms. The standard InChI is InChI=1S/C15H20INO2/c1-15(2,3)17-8-12(13(9-17)14(18)19)10-5-4-6-11(16)7-10/h4-7,12-13H,8-9H2,1-3H3,(H,18,19)/t12-,13+/m0/s1. The molecule has 104 valence electrons. The van der Waals surface area contributed by atoms with Gasteiger partial charge in [0, 0.05) is 28.1 Å². The van der Waals surface area contributed by atoms with Crippen LogP contribution in [0.3, 0.4) is 0 Å². The maximum Gasteiger partial charge on any atom is 0.308 e. The number of hydrogen-bond acceptors (Lipinski definition) is 2. The molecule has 1 saturated heterocycles. The lowest BCUT2D eigenvalue weighted by atomic mass is 9.89. The highest BCUT2D eigenvalue weighted by atomic mass is 127. The van der Waals surface area contributed by atoms with Crippen molar-refractivity contribution >= 4 is 28.6 Å². The fourth-order valence-corrected chi connectivity index (χ4v) is 3.24. The number of nitrogens with zero attached hydrogens (tertiary/aromatic N) is 1. The van der Waals surface area contributed by atoms with E-state index in [1.165, 1.54) is 0 Å². The molecule has 0 radical (unpaired) electrons. The first-order valence-corrected chi connectivity index (χ1v) is 7.60. The van der Waals surface area contributed by atoms with Gasteiger partial charge in [0.2, 0.25) is 0 Å². The van der Waals surface area contributed by atoms with Crippen molar-refractivity contribution in [2.75, 3.05) is 13.1 Å². The Hall–Kier alpha value is -0.620. The quantitative estimate of drug-likeness (QED) is 0.810. The molecule has 1 aromatic rings. The van der Waals surface area contributed by atoms with Gasteiger partial charge in [-0.15, -0.1) is 0 Å². The van der Waals surface area contributed by atoms with Crippen LogP contribution in [0.4, 0.5) is 0 Å². The highest BCUT2D eigenvalue weighted by Gasteiger charge is 2.41. The summed E-state index contributed by atoms with van der Waals surface area (Å²) in [4.78, 5) is 13.8. The summed E-state index contributed by atoms with van der Waals surface area (Å²) in [5, 5.41) is 9.47. The second kappa shape index (κ2) is 5.40. The van der Waals surface area contributed by atoms with Crippen LogP contribution in [0.2, 0.25) is 0 Å². The van der Waals surface area contributed by atoms with Gasteiger partial charge in [-0.1, -0.05) is 12.1 Å². The van der Waals surface area contributed by atoms with E-state index in [4.69, 9.17) is 0 Å². The average Bonchev–Trinajstić information content (AvgIpc) is 2.73. The molecule has 0 unspecified atom stereocenters. The first-order valence-electron chi connectivity index (χ1n) is 6.52. The molecule has 1 N–H and O–H groups in total. The number of benzene rings is 1. The summed E-state index contributed by atoms with van der Waals surface area (Å²) in [6.07, 6.45) is 0. The zero-order chi connectivity index (χ0) is 14.2. The van der Waals surface area contributed by atoms with Crippen LogP contribution in [0.15, 0.2) is 24.3 Å². The van der Waals surface area contributed by atoms with E-state index in [2.05, 4.69) is 60.4 Å². The topological polar surface area (TPSA) is 40.5 Å². The Bertz CT molecular complexity index is 481. The van der Waals surface area contributed by atoms with Crippen LogP contribution in [0.5, 0.6) is 0 Å². The minimum atomic E-state index is -0.685. The van der Waals surface area contributed by atoms with Gasteiger partial charge in [-0.3, -0.25) is 9.69 Å². The molecule has 0 saturated carbocycles. The molecule has 2 atom stereocenters. The van der Waals surface area contributed by atoms with Gasteiger partial charge in [-0.05, 0) is 61.1 Å². The van der Waals surface area contributed by atoms with Crippen molar-refractivity contribution in [3.8, 4) is 0 Å². The fourth-order valence-electron chi connectivity index (χ4n) is 2.68. The zero-order valence-corrected chi connectivity index (χ0v) is 13.7. The molecule has 3 nitrogen and oxygen atoms in total. The third-order valence-corrected chi connectivity index (χ3v) is 4.53. The van der Waals surface area contributed by atoms with Crippen molar-refractivity contribution in [2.24, 2.45) is 5.92 Å². The van der Waals surface area contributed by atoms with Gasteiger partial charge in [0.05, 0.1) is 5.92 Å². The van der Waals surface area contributed by atoms with E-state index in [9.17, 15) is 9.90 Å². The van der Waals surface area contributed by atoms with Crippen LogP contribution in [-0.4, -0.2) is 34.6 Å². The van der Waals surface area contributed by atoms with Gasteiger partial charge in [0.25, 0.3) is 0 Å². The van der Waals surface area contributed by atoms with Gasteiger partial charge in [-0.25, -0.2) is 0 Å². The van der Waals surface area contributed by atoms with Crippen molar-refractivity contribution in [1.82, 2.24) is 4.90 Å². The molecule has 2 rings (SSSR count). The van der Waals surface area contributed by atoms with E-state index in [1.54, 1.807) is 0 Å². The summed E-state index contributed by atoms with van der Waals surface area (Å²) >= 11 is 2.28. The number of carboxylic acids is 1. The molecule has 1 aliphatic heterocycles. The van der Waals surface area contributed by atoms with Gasteiger partial charge in [0.1, 0.15) is 0 Å². The molecular formula is C15H20INO2. The van der Waals surface area contributed by atoms with E-state index >= 15 is 0 Å². The predicted octanol–water partition coefficient (Wildman–Crippen LogP) is 3.19. The van der Waals surface area contributed by atoms with Crippen molar-refractivity contribution in [3.05, 3.63) is 33.4 Å². The summed E-state index contributed by atoms with van der Waals surface area (Å²) in [7, 11) is 0. The number of aliphatic carboxylic acids is 1. The minimum absolute atomic E-state index is 0.0182. The summed E-state index contributed by atoms with van der Waals surface area (Å²) in [5.74, 6) is -0.903. The summed E-state index contributed by atoms with van der Waals surface area (Å²) in [6.45, 7) is 7.88. The van der Waals surface area contributed by atoms with Gasteiger partial charge in [-0.2, -0.15) is 0 Å². The largest absolute Gasteiger partial charge is 0.481 e. The Balaban J connectivity index is 2.30. The number of likely N-dealkylation sites (tertiary alicyclic amines) is 1. The molecule has 1 fully saturated rings. The van der Waals surface area contributed by atoms with Crippen LogP contribution in [0, 0.1) is 9.49 Å². The van der Waals surface area contributed by atoms with Crippen LogP contribution < -0.4 is 0 Å². The van der Waals surface area contributed by atoms with Crippen LogP contribution in [0.1, 0.15) is 32.3 Å². The molecule has 4 heteroatoms. The molecule has 1 aliphatic rings. The van der Waals surface area contributed by atoms with E-state index in [1.807, 2.05) is 12.1 Å². The monoisotopic (exact) mass is 373 g/mol. The lowest BCUT2D eigenvalue weighted by molar-refractivity contribution is -0.141. The molecule has 0 aliphatic carbocycles. The Morgan fingerprint density at radius 1 is 1.37 bits per heavy atom. The summed E-state index contributed by atoms with van der Waals surface area (Å²) in [6, 6.07) is 8.20. The maximum atomic E-state index is 11.5. The number of halogens is 1. The Morgan fingerprint density at radius 2 is 2.05 bits per heavy atom. The number of carbonyl (C=O) groups is 1. The average molecular weight is 373 g/mol. The maximum absolute atomic E-state index is 11.5. The van der Waals surface area contributed by atoms with Crippen molar-refractivity contribution in [2.45, 2.75) is 32.2 Å². The van der Waals surface area contributed by atoms with E-state index < -0.39 is 5.97 Å². The van der Waals surface area contributed by atoms with Crippen molar-refractivity contribution in [3.63, 3.8) is 0 Å². The molecule has 1 heterocycles. The smallest absolute Gasteiger partial charge is 0.308 e. The van der Waals surface area contributed by atoms with Crippen molar-refractivity contribution in [1.29, 1.82) is 0 Å². The summed E-state index contributed by atoms with van der Waals surface area (Å²) < 4.78 is 1.16. The van der Waals surface area contributed by atoms with Crippen LogP contribution in [-0.2, 0) is 4.79 Å². The molecule has 0 aromatic heterocycles. The fraction of sp³-hybridized carbons (Fsp3) is 0.533. The number of hydrogen-bond donors (Lipinski definition) is 1. The molecule has 19 heavy (non-hydrogen) atoms. The Morgan fingerprint density at radius 3 is 2.58 bits per heavy atom. The lowest BCUT2D eigenvalue weighted by Crippen LogP contribution is -2.40. The molecule has 0 bridgehead atoms. The number of carboxylic acid groups (broad SMARTS) is 1. The first-order chi connectivity index (χ1) is 8.79. The normalized spacial score (nSPS) is 24.6. The second-order valence-corrected chi connectivity index (χ2v) is 7.43. The Kier molecular flexibility index (Phi) is 4.20. The predicted molar refractivity (Wildman–Crippen MR) is 84.4 cm³/mol. The molecule has 1 aromatic carbocycles. The molecule has 0 amide bonds. The van der Waals surface area contributed by atoms with Gasteiger partial charge >= 0.3 is 5.97 Å².